The predicted octanol–water partition coefficient (Wildman–Crippen LogP) is 2.46. The number of benzene rings is 1. The molecule has 6 rings (SSSR count). The minimum Gasteiger partial charge on any atom is -0.474 e. The molecule has 47 heavy (non-hydrogen) atoms. The van der Waals surface area contributed by atoms with Gasteiger partial charge in [0, 0.05) is 62.9 Å². The molecule has 0 spiro atoms. The first kappa shape index (κ1) is 33.7. The van der Waals surface area contributed by atoms with Crippen LogP contribution in [0.3, 0.4) is 0 Å². The maximum atomic E-state index is 14.3. The van der Waals surface area contributed by atoms with Gasteiger partial charge in [0.1, 0.15) is 23.8 Å². The van der Waals surface area contributed by atoms with Crippen LogP contribution in [0.15, 0.2) is 30.3 Å². The summed E-state index contributed by atoms with van der Waals surface area (Å²) in [6, 6.07) is 8.91. The Morgan fingerprint density at radius 2 is 1.79 bits per heavy atom. The van der Waals surface area contributed by atoms with E-state index >= 15 is 0 Å². The summed E-state index contributed by atoms with van der Waals surface area (Å²) < 4.78 is 31.0. The van der Waals surface area contributed by atoms with Crippen LogP contribution in [0.2, 0.25) is 0 Å². The standard InChI is InChI=1S/C35H49FN6O5/c1-22-15-40(30(14-37-22)16-41-23(2)18-46-19-24(41)3)17-32(43)42-25(4)20-47-35-31(42)12-28(11-26-5-7-29(36)8-6-26)33(39-35)34(44)38-13-27-9-10-45-21-27/h5-8,12,22-25,27,30,37H,9-11,13-21H2,1-4H3,(H,38,44)/t22-,23-,24-,25+,27?,30-/m1/s1. The molecular weight excluding hydrogens is 603 g/mol. The van der Waals surface area contributed by atoms with Crippen molar-refractivity contribution in [3.63, 3.8) is 0 Å². The summed E-state index contributed by atoms with van der Waals surface area (Å²) in [6.07, 6.45) is 1.25. The second-order valence-electron chi connectivity index (χ2n) is 13.8. The highest BCUT2D eigenvalue weighted by molar-refractivity contribution is 5.99. The maximum Gasteiger partial charge on any atom is 0.270 e. The summed E-state index contributed by atoms with van der Waals surface area (Å²) in [4.78, 5) is 39.2. The lowest BCUT2D eigenvalue weighted by atomic mass is 10.0. The predicted molar refractivity (Wildman–Crippen MR) is 176 cm³/mol. The van der Waals surface area contributed by atoms with Gasteiger partial charge in [0.2, 0.25) is 11.8 Å². The SMILES string of the molecule is C[C@@H]1CN(CC(=O)N2c3cc(Cc4ccc(F)cc4)c(C(=O)NCC4CCOC4)nc3OC[C@@H]2C)[C@@H](CN2[C@H](C)COC[C@H]2C)CN1. The van der Waals surface area contributed by atoms with Crippen LogP contribution in [0.1, 0.15) is 55.7 Å². The number of aromatic nitrogens is 1. The molecule has 4 aliphatic rings. The van der Waals surface area contributed by atoms with E-state index < -0.39 is 0 Å². The van der Waals surface area contributed by atoms with E-state index in [1.807, 2.05) is 13.0 Å². The number of morpholine rings is 1. The zero-order valence-corrected chi connectivity index (χ0v) is 28.0. The van der Waals surface area contributed by atoms with Gasteiger partial charge in [0.05, 0.1) is 32.4 Å². The molecule has 5 heterocycles. The van der Waals surface area contributed by atoms with Gasteiger partial charge in [-0.05, 0) is 69.9 Å². The van der Waals surface area contributed by atoms with Crippen LogP contribution in [0, 0.1) is 11.7 Å². The van der Waals surface area contributed by atoms with E-state index in [1.54, 1.807) is 17.0 Å². The van der Waals surface area contributed by atoms with Crippen molar-refractivity contribution in [2.45, 2.75) is 70.7 Å². The van der Waals surface area contributed by atoms with Gasteiger partial charge in [-0.2, -0.15) is 0 Å². The monoisotopic (exact) mass is 652 g/mol. The van der Waals surface area contributed by atoms with Crippen molar-refractivity contribution >= 4 is 17.5 Å². The average Bonchev–Trinajstić information content (AvgIpc) is 3.57. The Hall–Kier alpha value is -3.16. The number of halogens is 1. The molecule has 2 amide bonds. The summed E-state index contributed by atoms with van der Waals surface area (Å²) in [5, 5.41) is 6.64. The van der Waals surface area contributed by atoms with Crippen molar-refractivity contribution in [1.82, 2.24) is 25.4 Å². The van der Waals surface area contributed by atoms with E-state index in [9.17, 15) is 14.0 Å². The summed E-state index contributed by atoms with van der Waals surface area (Å²) in [5.41, 5.74) is 2.29. The topological polar surface area (TPSA) is 109 Å². The highest BCUT2D eigenvalue weighted by atomic mass is 19.1. The van der Waals surface area contributed by atoms with Crippen molar-refractivity contribution in [3.8, 4) is 5.88 Å². The minimum atomic E-state index is -0.328. The van der Waals surface area contributed by atoms with Crippen molar-refractivity contribution in [1.29, 1.82) is 0 Å². The number of nitrogens with one attached hydrogen (secondary N) is 2. The second-order valence-corrected chi connectivity index (χ2v) is 13.8. The van der Waals surface area contributed by atoms with Gasteiger partial charge in [-0.15, -0.1) is 0 Å². The van der Waals surface area contributed by atoms with Crippen LogP contribution in [0.4, 0.5) is 10.1 Å². The van der Waals surface area contributed by atoms with E-state index in [0.29, 0.717) is 62.7 Å². The number of ether oxygens (including phenoxy) is 3. The third-order valence-electron chi connectivity index (χ3n) is 9.91. The van der Waals surface area contributed by atoms with Crippen LogP contribution >= 0.6 is 0 Å². The molecule has 4 aliphatic heterocycles. The second kappa shape index (κ2) is 14.9. The molecule has 2 aromatic rings. The minimum absolute atomic E-state index is 0.0304. The van der Waals surface area contributed by atoms with Crippen LogP contribution in [-0.2, 0) is 20.7 Å². The lowest BCUT2D eigenvalue weighted by Crippen LogP contribution is -2.63. The zero-order valence-electron chi connectivity index (χ0n) is 28.0. The maximum absolute atomic E-state index is 14.3. The lowest BCUT2D eigenvalue weighted by Gasteiger charge is -2.46. The van der Waals surface area contributed by atoms with Gasteiger partial charge < -0.3 is 29.7 Å². The fourth-order valence-corrected chi connectivity index (χ4v) is 7.21. The Bertz CT molecular complexity index is 1400. The van der Waals surface area contributed by atoms with Crippen LogP contribution in [0.5, 0.6) is 5.88 Å². The van der Waals surface area contributed by atoms with Gasteiger partial charge in [-0.3, -0.25) is 19.4 Å². The molecule has 12 heteroatoms. The molecule has 3 saturated heterocycles. The highest BCUT2D eigenvalue weighted by Crippen LogP contribution is 2.35. The quantitative estimate of drug-likeness (QED) is 0.423. The summed E-state index contributed by atoms with van der Waals surface area (Å²) in [5.74, 6) is -0.132. The van der Waals surface area contributed by atoms with E-state index in [2.05, 4.69) is 41.2 Å². The van der Waals surface area contributed by atoms with Crippen molar-refractivity contribution in [3.05, 3.63) is 53.0 Å². The van der Waals surface area contributed by atoms with E-state index in [4.69, 9.17) is 19.2 Å². The van der Waals surface area contributed by atoms with E-state index in [-0.39, 0.29) is 66.4 Å². The smallest absolute Gasteiger partial charge is 0.270 e. The van der Waals surface area contributed by atoms with Crippen molar-refractivity contribution < 1.29 is 28.2 Å². The number of nitrogens with zero attached hydrogens (tertiary/aromatic N) is 4. The lowest BCUT2D eigenvalue weighted by molar-refractivity contribution is -0.122. The summed E-state index contributed by atoms with van der Waals surface area (Å²) >= 11 is 0. The largest absolute Gasteiger partial charge is 0.474 e. The molecule has 2 N–H and O–H groups in total. The normalized spacial score (nSPS) is 28.5. The Balaban J connectivity index is 1.26. The van der Waals surface area contributed by atoms with Crippen molar-refractivity contribution in [2.75, 3.05) is 70.7 Å². The van der Waals surface area contributed by atoms with Gasteiger partial charge in [-0.1, -0.05) is 12.1 Å². The molecule has 0 aliphatic carbocycles. The molecule has 1 aromatic heterocycles. The van der Waals surface area contributed by atoms with Crippen LogP contribution < -0.4 is 20.3 Å². The number of fused-ring (bicyclic) bond motifs is 1. The fourth-order valence-electron chi connectivity index (χ4n) is 7.21. The number of carbonyl (C=O) groups excluding carboxylic acids is 2. The molecule has 3 fully saturated rings. The third-order valence-corrected chi connectivity index (χ3v) is 9.91. The fraction of sp³-hybridized carbons (Fsp3) is 0.629. The highest BCUT2D eigenvalue weighted by Gasteiger charge is 2.37. The first-order valence-electron chi connectivity index (χ1n) is 17.1. The Kier molecular flexibility index (Phi) is 10.7. The molecule has 0 bridgehead atoms. The van der Waals surface area contributed by atoms with Gasteiger partial charge in [0.25, 0.3) is 5.91 Å². The molecule has 0 saturated carbocycles. The number of carbonyl (C=O) groups is 2. The molecule has 11 nitrogen and oxygen atoms in total. The first-order valence-corrected chi connectivity index (χ1v) is 17.1. The molecule has 0 radical (unpaired) electrons. The number of amides is 2. The Morgan fingerprint density at radius 1 is 1.02 bits per heavy atom. The Labute approximate surface area is 277 Å². The Morgan fingerprint density at radius 3 is 2.51 bits per heavy atom. The molecular formula is C35H49FN6O5. The van der Waals surface area contributed by atoms with E-state index in [1.165, 1.54) is 12.1 Å². The number of hydrogen-bond donors (Lipinski definition) is 2. The summed E-state index contributed by atoms with van der Waals surface area (Å²) in [6.45, 7) is 14.7. The van der Waals surface area contributed by atoms with Gasteiger partial charge in [-0.25, -0.2) is 9.37 Å². The number of pyridine rings is 1. The number of anilines is 1. The first-order chi connectivity index (χ1) is 22.7. The molecule has 6 atom stereocenters. The summed E-state index contributed by atoms with van der Waals surface area (Å²) in [7, 11) is 0. The average molecular weight is 653 g/mol. The third kappa shape index (κ3) is 7.94. The van der Waals surface area contributed by atoms with Crippen molar-refractivity contribution in [2.24, 2.45) is 5.92 Å². The number of rotatable bonds is 9. The van der Waals surface area contributed by atoms with Crippen LogP contribution in [0.25, 0.3) is 0 Å². The zero-order chi connectivity index (χ0) is 33.1. The molecule has 1 aromatic carbocycles. The number of piperazine rings is 1. The van der Waals surface area contributed by atoms with E-state index in [0.717, 1.165) is 31.6 Å². The molecule has 256 valence electrons. The van der Waals surface area contributed by atoms with Crippen LogP contribution in [-0.4, -0.2) is 123 Å². The number of hydrogen-bond acceptors (Lipinski definition) is 9. The molecule has 1 unspecified atom stereocenters. The van der Waals surface area contributed by atoms with Gasteiger partial charge in [0.15, 0.2) is 0 Å². The van der Waals surface area contributed by atoms with Gasteiger partial charge >= 0.3 is 0 Å².